The molecule has 0 saturated heterocycles. The maximum absolute atomic E-state index is 13.4. The smallest absolute Gasteiger partial charge is 0.243 e. The Bertz CT molecular complexity index is 1420. The van der Waals surface area contributed by atoms with Gasteiger partial charge in [-0.05, 0) is 72.0 Å². The number of halogens is 2. The Kier molecular flexibility index (Phi) is 7.02. The zero-order valence-electron chi connectivity index (χ0n) is 19.9. The Hall–Kier alpha value is -2.20. The monoisotopic (exact) mass is 632 g/mol. The second kappa shape index (κ2) is 9.93. The van der Waals surface area contributed by atoms with Crippen molar-refractivity contribution in [3.8, 4) is 11.5 Å². The minimum absolute atomic E-state index is 0.117. The van der Waals surface area contributed by atoms with Crippen molar-refractivity contribution >= 4 is 53.5 Å². The summed E-state index contributed by atoms with van der Waals surface area (Å²) in [5, 5.41) is 3.00. The fourth-order valence-electron chi connectivity index (χ4n) is 5.16. The van der Waals surface area contributed by atoms with Gasteiger partial charge in [0.15, 0.2) is 5.75 Å². The third kappa shape index (κ3) is 4.62. The van der Waals surface area contributed by atoms with Crippen LogP contribution in [0.15, 0.2) is 74.5 Å². The van der Waals surface area contributed by atoms with Gasteiger partial charge in [-0.2, -0.15) is 4.31 Å². The van der Waals surface area contributed by atoms with Gasteiger partial charge >= 0.3 is 0 Å². The van der Waals surface area contributed by atoms with Crippen LogP contribution < -0.4 is 10.1 Å². The molecule has 1 saturated carbocycles. The topological polar surface area (TPSA) is 75.7 Å². The lowest BCUT2D eigenvalue weighted by molar-refractivity contribution is -0.117. The normalized spacial score (nSPS) is 20.1. The summed E-state index contributed by atoms with van der Waals surface area (Å²) in [6.45, 7) is 4.32. The van der Waals surface area contributed by atoms with Crippen molar-refractivity contribution in [1.82, 2.24) is 4.31 Å². The minimum Gasteiger partial charge on any atom is -0.455 e. The largest absolute Gasteiger partial charge is 0.455 e. The molecule has 1 N–H and O–H groups in total. The van der Waals surface area contributed by atoms with E-state index in [2.05, 4.69) is 43.2 Å². The molecule has 3 aromatic carbocycles. The lowest BCUT2D eigenvalue weighted by atomic mass is 10.0. The number of ether oxygens (including phenoxy) is 1. The summed E-state index contributed by atoms with van der Waals surface area (Å²) in [6.07, 6.45) is 0.859. The number of nitrogens with zero attached hydrogens (tertiary/aromatic N) is 1. The van der Waals surface area contributed by atoms with E-state index in [1.54, 1.807) is 32.0 Å². The number of carbonyl (C=O) groups excluding carboxylic acids is 1. The zero-order chi connectivity index (χ0) is 25.6. The zero-order valence-corrected chi connectivity index (χ0v) is 23.9. The molecular formula is C27H26Br2N2O4S. The molecule has 1 amide bonds. The Morgan fingerprint density at radius 2 is 1.78 bits per heavy atom. The molecule has 0 spiro atoms. The molecule has 0 aromatic heterocycles. The van der Waals surface area contributed by atoms with E-state index in [0.29, 0.717) is 30.3 Å². The number of carbonyl (C=O) groups is 1. The molecule has 188 valence electrons. The number of anilines is 1. The van der Waals surface area contributed by atoms with Crippen molar-refractivity contribution in [2.75, 3.05) is 18.4 Å². The van der Waals surface area contributed by atoms with Crippen molar-refractivity contribution in [3.63, 3.8) is 0 Å². The van der Waals surface area contributed by atoms with Crippen LogP contribution in [-0.4, -0.2) is 31.7 Å². The average Bonchev–Trinajstić information content (AvgIpc) is 3.44. The summed E-state index contributed by atoms with van der Waals surface area (Å²) >= 11 is 7.03. The van der Waals surface area contributed by atoms with Crippen LogP contribution in [0.5, 0.6) is 11.5 Å². The summed E-state index contributed by atoms with van der Waals surface area (Å²) in [7, 11) is -3.70. The van der Waals surface area contributed by atoms with Gasteiger partial charge in [0.05, 0.1) is 10.6 Å². The van der Waals surface area contributed by atoms with Gasteiger partial charge in [0.1, 0.15) is 5.75 Å². The van der Waals surface area contributed by atoms with Crippen LogP contribution in [0.4, 0.5) is 5.69 Å². The molecule has 0 aliphatic heterocycles. The van der Waals surface area contributed by atoms with Gasteiger partial charge in [-0.15, -0.1) is 0 Å². The number of benzene rings is 3. The van der Waals surface area contributed by atoms with E-state index < -0.39 is 10.0 Å². The van der Waals surface area contributed by atoms with Gasteiger partial charge in [-0.3, -0.25) is 4.79 Å². The molecule has 2 aliphatic rings. The Balaban J connectivity index is 1.45. The first kappa shape index (κ1) is 25.4. The highest BCUT2D eigenvalue weighted by molar-refractivity contribution is 9.10. The molecule has 0 heterocycles. The van der Waals surface area contributed by atoms with Gasteiger partial charge in [-0.25, -0.2) is 8.42 Å². The van der Waals surface area contributed by atoms with Crippen molar-refractivity contribution in [2.45, 2.75) is 31.1 Å². The molecule has 5 rings (SSSR count). The summed E-state index contributed by atoms with van der Waals surface area (Å²) < 4.78 is 35.8. The van der Waals surface area contributed by atoms with Gasteiger partial charge in [-0.1, -0.05) is 57.8 Å². The molecular weight excluding hydrogens is 608 g/mol. The SMILES string of the molecule is CCN(CC)S(=O)(=O)c1ccc(Oc2ccc(Br)cc2)c(NC(=O)C2C3Cc4c(Br)cccc4C32)c1. The molecule has 3 atom stereocenters. The molecule has 1 fully saturated rings. The van der Waals surface area contributed by atoms with Crippen LogP contribution in [0.1, 0.15) is 30.9 Å². The molecule has 3 unspecified atom stereocenters. The lowest BCUT2D eigenvalue weighted by Gasteiger charge is -2.20. The van der Waals surface area contributed by atoms with E-state index in [1.807, 2.05) is 24.3 Å². The van der Waals surface area contributed by atoms with Crippen LogP contribution in [0.3, 0.4) is 0 Å². The van der Waals surface area contributed by atoms with Gasteiger partial charge < -0.3 is 10.1 Å². The molecule has 36 heavy (non-hydrogen) atoms. The third-order valence-electron chi connectivity index (χ3n) is 7.02. The average molecular weight is 634 g/mol. The summed E-state index contributed by atoms with van der Waals surface area (Å²) in [5.41, 5.74) is 2.84. The molecule has 9 heteroatoms. The van der Waals surface area contributed by atoms with E-state index in [0.717, 1.165) is 15.4 Å². The number of amides is 1. The maximum Gasteiger partial charge on any atom is 0.243 e. The number of rotatable bonds is 8. The fourth-order valence-corrected chi connectivity index (χ4v) is 7.46. The van der Waals surface area contributed by atoms with Crippen molar-refractivity contribution in [1.29, 1.82) is 0 Å². The van der Waals surface area contributed by atoms with Crippen molar-refractivity contribution in [3.05, 3.63) is 80.7 Å². The summed E-state index contributed by atoms with van der Waals surface area (Å²) in [5.74, 6) is 1.16. The first-order chi connectivity index (χ1) is 17.2. The first-order valence-corrected chi connectivity index (χ1v) is 14.9. The summed E-state index contributed by atoms with van der Waals surface area (Å²) in [6, 6.07) is 18.1. The predicted octanol–water partition coefficient (Wildman–Crippen LogP) is 6.56. The Morgan fingerprint density at radius 1 is 1.06 bits per heavy atom. The predicted molar refractivity (Wildman–Crippen MR) is 147 cm³/mol. The lowest BCUT2D eigenvalue weighted by Crippen LogP contribution is -2.30. The van der Waals surface area contributed by atoms with Gasteiger partial charge in [0.2, 0.25) is 15.9 Å². The van der Waals surface area contributed by atoms with Crippen LogP contribution in [0.2, 0.25) is 0 Å². The van der Waals surface area contributed by atoms with E-state index >= 15 is 0 Å². The molecule has 3 aromatic rings. The Morgan fingerprint density at radius 3 is 2.47 bits per heavy atom. The Labute approximate surface area is 228 Å². The van der Waals surface area contributed by atoms with Crippen molar-refractivity contribution in [2.24, 2.45) is 11.8 Å². The number of fused-ring (bicyclic) bond motifs is 3. The number of sulfonamides is 1. The van der Waals surface area contributed by atoms with E-state index in [4.69, 9.17) is 4.74 Å². The molecule has 0 radical (unpaired) electrons. The first-order valence-electron chi connectivity index (χ1n) is 11.9. The van der Waals surface area contributed by atoms with Crippen LogP contribution in [0, 0.1) is 11.8 Å². The molecule has 6 nitrogen and oxygen atoms in total. The number of hydrogen-bond acceptors (Lipinski definition) is 4. The van der Waals surface area contributed by atoms with E-state index in [-0.39, 0.29) is 28.6 Å². The third-order valence-corrected chi connectivity index (χ3v) is 10.3. The fraction of sp³-hybridized carbons (Fsp3) is 0.296. The van der Waals surface area contributed by atoms with Gasteiger partial charge in [0, 0.05) is 33.9 Å². The maximum atomic E-state index is 13.4. The minimum atomic E-state index is -3.70. The molecule has 2 aliphatic carbocycles. The van der Waals surface area contributed by atoms with Crippen molar-refractivity contribution < 1.29 is 17.9 Å². The van der Waals surface area contributed by atoms with Crippen LogP contribution >= 0.6 is 31.9 Å². The second-order valence-electron chi connectivity index (χ2n) is 9.02. The summed E-state index contributed by atoms with van der Waals surface area (Å²) in [4.78, 5) is 13.5. The van der Waals surface area contributed by atoms with Crippen LogP contribution in [-0.2, 0) is 21.2 Å². The number of nitrogens with one attached hydrogen (secondary N) is 1. The van der Waals surface area contributed by atoms with E-state index in [1.165, 1.54) is 27.6 Å². The number of hydrogen-bond donors (Lipinski definition) is 1. The quantitative estimate of drug-likeness (QED) is 0.305. The van der Waals surface area contributed by atoms with E-state index in [9.17, 15) is 13.2 Å². The highest BCUT2D eigenvalue weighted by Gasteiger charge is 2.59. The second-order valence-corrected chi connectivity index (χ2v) is 12.7. The van der Waals surface area contributed by atoms with Gasteiger partial charge in [0.25, 0.3) is 0 Å². The standard InChI is InChI=1S/C27H26Br2N2O4S/c1-3-31(4-2)36(33,34)18-12-13-24(35-17-10-8-16(28)9-11-17)23(14-18)30-27(32)26-21-15-20-19(25(21)26)6-5-7-22(20)29/h5-14,21,25-26H,3-4,15H2,1-2H3,(H,30,32). The molecule has 0 bridgehead atoms. The highest BCUT2D eigenvalue weighted by atomic mass is 79.9. The highest BCUT2D eigenvalue weighted by Crippen LogP contribution is 2.62. The van der Waals surface area contributed by atoms with Crippen LogP contribution in [0.25, 0.3) is 0 Å².